The van der Waals surface area contributed by atoms with Crippen molar-refractivity contribution in [3.8, 4) is 0 Å². The first-order valence-corrected chi connectivity index (χ1v) is 11.6. The van der Waals surface area contributed by atoms with Crippen LogP contribution in [-0.4, -0.2) is 9.97 Å². The zero-order valence-corrected chi connectivity index (χ0v) is 17.0. The summed E-state index contributed by atoms with van der Waals surface area (Å²) in [5, 5.41) is 5.27. The third kappa shape index (κ3) is 3.24. The number of hydrogen-bond donors (Lipinski definition) is 0. The van der Waals surface area contributed by atoms with Crippen LogP contribution in [0, 0.1) is 0 Å². The quantitative estimate of drug-likeness (QED) is 0.377. The summed E-state index contributed by atoms with van der Waals surface area (Å²) in [6.07, 6.45) is 7.70. The van der Waals surface area contributed by atoms with Crippen LogP contribution in [0.1, 0.15) is 43.2 Å². The highest BCUT2D eigenvalue weighted by molar-refractivity contribution is 8.00. The fourth-order valence-electron chi connectivity index (χ4n) is 4.03. The van der Waals surface area contributed by atoms with E-state index >= 15 is 0 Å². The van der Waals surface area contributed by atoms with Gasteiger partial charge in [0.15, 0.2) is 0 Å². The van der Waals surface area contributed by atoms with Crippen LogP contribution in [0.2, 0.25) is 0 Å². The molecule has 5 rings (SSSR count). The Balaban J connectivity index is 1.68. The number of pyridine rings is 2. The molecule has 4 atom stereocenters. The van der Waals surface area contributed by atoms with Crippen LogP contribution in [0.15, 0.2) is 84.1 Å². The Morgan fingerprint density at radius 1 is 0.593 bits per heavy atom. The topological polar surface area (TPSA) is 25.8 Å². The summed E-state index contributed by atoms with van der Waals surface area (Å²) >= 11 is 5.85. The van der Waals surface area contributed by atoms with E-state index in [1.807, 2.05) is 47.5 Å². The van der Waals surface area contributed by atoms with Gasteiger partial charge in [-0.3, -0.25) is 9.97 Å². The molecule has 0 radical (unpaired) electrons. The van der Waals surface area contributed by atoms with Gasteiger partial charge >= 0.3 is 0 Å². The molecule has 1 aliphatic rings. The van der Waals surface area contributed by atoms with E-state index in [0.29, 0.717) is 22.3 Å². The normalized spacial score (nSPS) is 24.9. The van der Waals surface area contributed by atoms with E-state index in [1.165, 1.54) is 20.9 Å². The third-order valence-electron chi connectivity index (χ3n) is 5.16. The zero-order valence-electron chi connectivity index (χ0n) is 14.5. The van der Waals surface area contributed by atoms with E-state index in [4.69, 9.17) is 0 Å². The summed E-state index contributed by atoms with van der Waals surface area (Å²) in [6.45, 7) is 0. The van der Waals surface area contributed by atoms with Crippen LogP contribution in [0.5, 0.6) is 0 Å². The molecule has 0 N–H and O–H groups in total. The van der Waals surface area contributed by atoms with Crippen molar-refractivity contribution in [2.24, 2.45) is 0 Å². The van der Waals surface area contributed by atoms with E-state index in [2.05, 4.69) is 81.0 Å². The van der Waals surface area contributed by atoms with Crippen molar-refractivity contribution in [2.45, 2.75) is 22.3 Å². The Morgan fingerprint density at radius 2 is 1.04 bits per heavy atom. The maximum Gasteiger partial charge on any atom is 0.0472 e. The highest BCUT2D eigenvalue weighted by Gasteiger charge is 2.47. The number of nitrogens with zero attached hydrogens (tertiary/aromatic N) is 2. The molecule has 0 spiro atoms. The van der Waals surface area contributed by atoms with Crippen LogP contribution in [0.3, 0.4) is 0 Å². The lowest BCUT2D eigenvalue weighted by Crippen LogP contribution is -2.13. The third-order valence-corrected chi connectivity index (χ3v) is 9.05. The maximum absolute atomic E-state index is 4.26. The number of thioether (sulfide) groups is 1. The van der Waals surface area contributed by atoms with E-state index in [0.717, 1.165) is 0 Å². The van der Waals surface area contributed by atoms with E-state index < -0.39 is 0 Å². The second-order valence-electron chi connectivity index (χ2n) is 6.62. The molecule has 0 saturated carbocycles. The van der Waals surface area contributed by atoms with Crippen molar-refractivity contribution in [3.63, 3.8) is 0 Å². The van der Waals surface area contributed by atoms with Gasteiger partial charge in [-0.15, -0.1) is 34.4 Å². The molecule has 134 valence electrons. The van der Waals surface area contributed by atoms with Gasteiger partial charge in [0.05, 0.1) is 0 Å². The van der Waals surface area contributed by atoms with Crippen LogP contribution >= 0.6 is 34.4 Å². The smallest absolute Gasteiger partial charge is 0.0472 e. The van der Waals surface area contributed by atoms with Crippen molar-refractivity contribution >= 4 is 34.4 Å². The molecule has 0 aliphatic carbocycles. The van der Waals surface area contributed by atoms with Crippen molar-refractivity contribution in [3.05, 3.63) is 105 Å². The Labute approximate surface area is 171 Å². The van der Waals surface area contributed by atoms with Gasteiger partial charge in [0.1, 0.15) is 0 Å². The lowest BCUT2D eigenvalue weighted by atomic mass is 9.77. The summed E-state index contributed by atoms with van der Waals surface area (Å²) in [6, 6.07) is 17.7. The summed E-state index contributed by atoms with van der Waals surface area (Å²) < 4.78 is 0. The molecule has 0 bridgehead atoms. The fourth-order valence-corrected chi connectivity index (χ4v) is 7.94. The standard InChI is InChI=1S/C22H18N2S3/c1-3-17(25-13-1)21-19(15-5-9-23-10-6-15)20(16-7-11-24-12-8-16)22(27-21)18-4-2-14-26-18/h1-14,19-22H. The number of thiophene rings is 2. The van der Waals surface area contributed by atoms with Crippen molar-refractivity contribution in [1.29, 1.82) is 0 Å². The van der Waals surface area contributed by atoms with Crippen LogP contribution in [0.25, 0.3) is 0 Å². The van der Waals surface area contributed by atoms with E-state index in [9.17, 15) is 0 Å². The largest absolute Gasteiger partial charge is 0.265 e. The molecule has 4 aromatic rings. The van der Waals surface area contributed by atoms with Gasteiger partial charge in [-0.2, -0.15) is 0 Å². The first kappa shape index (κ1) is 17.2. The average Bonchev–Trinajstić information content (AvgIpc) is 3.49. The second kappa shape index (κ2) is 7.58. The monoisotopic (exact) mass is 406 g/mol. The minimum absolute atomic E-state index is 0.408. The van der Waals surface area contributed by atoms with Gasteiger partial charge in [-0.25, -0.2) is 0 Å². The van der Waals surface area contributed by atoms with E-state index in [-0.39, 0.29) is 0 Å². The highest BCUT2D eigenvalue weighted by Crippen LogP contribution is 2.67. The van der Waals surface area contributed by atoms with Gasteiger partial charge in [0.2, 0.25) is 0 Å². The van der Waals surface area contributed by atoms with Gasteiger partial charge in [0, 0.05) is 56.9 Å². The number of rotatable bonds is 4. The Bertz CT molecular complexity index is 887. The maximum atomic E-state index is 4.26. The van der Waals surface area contributed by atoms with Gasteiger partial charge in [-0.1, -0.05) is 12.1 Å². The molecule has 5 heteroatoms. The average molecular weight is 407 g/mol. The van der Waals surface area contributed by atoms with Crippen LogP contribution in [0.4, 0.5) is 0 Å². The molecule has 1 aliphatic heterocycles. The molecule has 4 aromatic heterocycles. The van der Waals surface area contributed by atoms with Crippen LogP contribution in [-0.2, 0) is 0 Å². The second-order valence-corrected chi connectivity index (χ2v) is 9.87. The zero-order chi connectivity index (χ0) is 18.1. The Morgan fingerprint density at radius 3 is 1.41 bits per heavy atom. The highest BCUT2D eigenvalue weighted by atomic mass is 32.2. The number of aromatic nitrogens is 2. The van der Waals surface area contributed by atoms with Gasteiger partial charge in [0.25, 0.3) is 0 Å². The molecular weight excluding hydrogens is 388 g/mol. The fraction of sp³-hybridized carbons (Fsp3) is 0.182. The molecule has 2 nitrogen and oxygen atoms in total. The predicted molar refractivity (Wildman–Crippen MR) is 116 cm³/mol. The molecule has 1 saturated heterocycles. The molecule has 1 fully saturated rings. The molecule has 4 unspecified atom stereocenters. The SMILES string of the molecule is c1csc(C2SC(c3cccs3)C(c3ccncc3)C2c2ccncc2)c1. The molecule has 0 amide bonds. The molecule has 27 heavy (non-hydrogen) atoms. The number of hydrogen-bond acceptors (Lipinski definition) is 5. The van der Waals surface area contributed by atoms with Crippen molar-refractivity contribution < 1.29 is 0 Å². The first-order valence-electron chi connectivity index (χ1n) is 8.94. The minimum atomic E-state index is 0.408. The van der Waals surface area contributed by atoms with Gasteiger partial charge in [-0.05, 0) is 58.3 Å². The predicted octanol–water partition coefficient (Wildman–Crippen LogP) is 6.70. The lowest BCUT2D eigenvalue weighted by molar-refractivity contribution is 0.558. The first-order chi connectivity index (χ1) is 13.4. The van der Waals surface area contributed by atoms with Crippen molar-refractivity contribution in [2.75, 3.05) is 0 Å². The molecular formula is C22H18N2S3. The summed E-state index contributed by atoms with van der Waals surface area (Å²) in [4.78, 5) is 11.4. The van der Waals surface area contributed by atoms with Crippen molar-refractivity contribution in [1.82, 2.24) is 9.97 Å². The summed E-state index contributed by atoms with van der Waals surface area (Å²) in [5.41, 5.74) is 2.74. The van der Waals surface area contributed by atoms with Gasteiger partial charge < -0.3 is 0 Å². The van der Waals surface area contributed by atoms with E-state index in [1.54, 1.807) is 0 Å². The van der Waals surface area contributed by atoms with Crippen LogP contribution < -0.4 is 0 Å². The molecule has 0 aromatic carbocycles. The lowest BCUT2D eigenvalue weighted by Gasteiger charge is -2.26. The summed E-state index contributed by atoms with van der Waals surface area (Å²) in [5.74, 6) is 0.817. The molecule has 5 heterocycles. The Hall–Kier alpha value is -1.95. The Kier molecular flexibility index (Phi) is 4.82. The summed E-state index contributed by atoms with van der Waals surface area (Å²) in [7, 11) is 0. The minimum Gasteiger partial charge on any atom is -0.265 e.